The third kappa shape index (κ3) is 3.22. The van der Waals surface area contributed by atoms with Crippen molar-refractivity contribution in [3.05, 3.63) is 60.7 Å². The van der Waals surface area contributed by atoms with Crippen LogP contribution in [-0.4, -0.2) is 36.6 Å². The predicted molar refractivity (Wildman–Crippen MR) is 90.3 cm³/mol. The first kappa shape index (κ1) is 14.4. The van der Waals surface area contributed by atoms with E-state index in [1.165, 1.54) is 5.69 Å². The zero-order valence-electron chi connectivity index (χ0n) is 12.8. The van der Waals surface area contributed by atoms with Gasteiger partial charge in [0, 0.05) is 37.1 Å². The van der Waals surface area contributed by atoms with Crippen LogP contribution in [0.15, 0.2) is 60.7 Å². The molecule has 0 saturated carbocycles. The van der Waals surface area contributed by atoms with Crippen LogP contribution < -0.4 is 10.2 Å². The van der Waals surface area contributed by atoms with E-state index in [1.807, 2.05) is 41.3 Å². The molecule has 2 amide bonds. The molecule has 1 unspecified atom stereocenters. The number of amides is 2. The topological polar surface area (TPSA) is 35.6 Å². The second-order valence-electron chi connectivity index (χ2n) is 5.62. The third-order valence-corrected chi connectivity index (χ3v) is 4.03. The quantitative estimate of drug-likeness (QED) is 0.921. The molecular weight excluding hydrogens is 274 g/mol. The molecule has 1 aliphatic heterocycles. The number of carbonyl (C=O) groups excluding carboxylic acids is 1. The fourth-order valence-electron chi connectivity index (χ4n) is 2.85. The SMILES string of the molecule is CC1CN(c2ccccc2)CCN1C(=O)Nc1ccccc1. The highest BCUT2D eigenvalue weighted by Crippen LogP contribution is 2.19. The number of piperazine rings is 1. The summed E-state index contributed by atoms with van der Waals surface area (Å²) in [6.07, 6.45) is 0. The second kappa shape index (κ2) is 6.52. The van der Waals surface area contributed by atoms with E-state index in [-0.39, 0.29) is 12.1 Å². The molecule has 0 aliphatic carbocycles. The molecule has 1 N–H and O–H groups in total. The molecule has 1 saturated heterocycles. The van der Waals surface area contributed by atoms with Crippen LogP contribution in [0.2, 0.25) is 0 Å². The van der Waals surface area contributed by atoms with Crippen molar-refractivity contribution in [1.29, 1.82) is 0 Å². The molecule has 114 valence electrons. The summed E-state index contributed by atoms with van der Waals surface area (Å²) in [4.78, 5) is 16.7. The van der Waals surface area contributed by atoms with E-state index in [9.17, 15) is 4.79 Å². The number of anilines is 2. The van der Waals surface area contributed by atoms with Gasteiger partial charge in [-0.15, -0.1) is 0 Å². The number of carbonyl (C=O) groups is 1. The Kier molecular flexibility index (Phi) is 4.28. The molecule has 1 aliphatic rings. The molecule has 0 radical (unpaired) electrons. The smallest absolute Gasteiger partial charge is 0.322 e. The van der Waals surface area contributed by atoms with Crippen LogP contribution >= 0.6 is 0 Å². The average Bonchev–Trinajstić information content (AvgIpc) is 2.56. The molecule has 2 aromatic rings. The largest absolute Gasteiger partial charge is 0.368 e. The molecule has 0 spiro atoms. The van der Waals surface area contributed by atoms with Crippen molar-refractivity contribution < 1.29 is 4.79 Å². The Bertz CT molecular complexity index is 615. The van der Waals surface area contributed by atoms with Crippen LogP contribution in [0, 0.1) is 0 Å². The number of nitrogens with one attached hydrogen (secondary N) is 1. The molecule has 1 fully saturated rings. The first-order valence-corrected chi connectivity index (χ1v) is 7.67. The molecule has 1 heterocycles. The van der Waals surface area contributed by atoms with Gasteiger partial charge in [-0.05, 0) is 31.2 Å². The van der Waals surface area contributed by atoms with Crippen LogP contribution in [0.5, 0.6) is 0 Å². The highest BCUT2D eigenvalue weighted by molar-refractivity contribution is 5.89. The van der Waals surface area contributed by atoms with Crippen molar-refractivity contribution in [3.63, 3.8) is 0 Å². The maximum absolute atomic E-state index is 12.4. The zero-order chi connectivity index (χ0) is 15.4. The van der Waals surface area contributed by atoms with Gasteiger partial charge >= 0.3 is 6.03 Å². The van der Waals surface area contributed by atoms with E-state index in [1.54, 1.807) is 0 Å². The highest BCUT2D eigenvalue weighted by atomic mass is 16.2. The number of para-hydroxylation sites is 2. The van der Waals surface area contributed by atoms with E-state index < -0.39 is 0 Å². The summed E-state index contributed by atoms with van der Waals surface area (Å²) < 4.78 is 0. The van der Waals surface area contributed by atoms with Gasteiger partial charge in [0.15, 0.2) is 0 Å². The van der Waals surface area contributed by atoms with E-state index in [0.717, 1.165) is 25.3 Å². The zero-order valence-corrected chi connectivity index (χ0v) is 12.8. The lowest BCUT2D eigenvalue weighted by Crippen LogP contribution is -2.55. The molecule has 3 rings (SSSR count). The minimum absolute atomic E-state index is 0.0218. The summed E-state index contributed by atoms with van der Waals surface area (Å²) in [5.41, 5.74) is 2.06. The van der Waals surface area contributed by atoms with Gasteiger partial charge in [0.2, 0.25) is 0 Å². The molecule has 4 nitrogen and oxygen atoms in total. The van der Waals surface area contributed by atoms with Gasteiger partial charge in [0.25, 0.3) is 0 Å². The number of hydrogen-bond donors (Lipinski definition) is 1. The van der Waals surface area contributed by atoms with Crippen molar-refractivity contribution in [2.45, 2.75) is 13.0 Å². The van der Waals surface area contributed by atoms with Crippen molar-refractivity contribution in [2.75, 3.05) is 29.9 Å². The lowest BCUT2D eigenvalue weighted by atomic mass is 10.1. The summed E-state index contributed by atoms with van der Waals surface area (Å²) >= 11 is 0. The molecule has 4 heteroatoms. The normalized spacial score (nSPS) is 18.1. The molecule has 0 aromatic heterocycles. The molecule has 22 heavy (non-hydrogen) atoms. The van der Waals surface area contributed by atoms with Crippen LogP contribution in [0.25, 0.3) is 0 Å². The summed E-state index contributed by atoms with van der Waals surface area (Å²) in [5, 5.41) is 2.97. The number of nitrogens with zero attached hydrogens (tertiary/aromatic N) is 2. The van der Waals surface area contributed by atoms with Crippen molar-refractivity contribution in [2.24, 2.45) is 0 Å². The van der Waals surface area contributed by atoms with E-state index in [4.69, 9.17) is 0 Å². The summed E-state index contributed by atoms with van der Waals surface area (Å²) in [6.45, 7) is 4.54. The van der Waals surface area contributed by atoms with Gasteiger partial charge in [0.05, 0.1) is 0 Å². The van der Waals surface area contributed by atoms with Gasteiger partial charge in [-0.25, -0.2) is 4.79 Å². The Morgan fingerprint density at radius 3 is 2.27 bits per heavy atom. The summed E-state index contributed by atoms with van der Waals surface area (Å²) in [6, 6.07) is 20.1. The molecule has 1 atom stereocenters. The lowest BCUT2D eigenvalue weighted by molar-refractivity contribution is 0.185. The highest BCUT2D eigenvalue weighted by Gasteiger charge is 2.27. The summed E-state index contributed by atoms with van der Waals surface area (Å²) in [7, 11) is 0. The van der Waals surface area contributed by atoms with E-state index in [0.29, 0.717) is 0 Å². The van der Waals surface area contributed by atoms with Crippen molar-refractivity contribution >= 4 is 17.4 Å². The standard InChI is InChI=1S/C18H21N3O/c1-15-14-20(17-10-6-3-7-11-17)12-13-21(15)18(22)19-16-8-4-2-5-9-16/h2-11,15H,12-14H2,1H3,(H,19,22). The van der Waals surface area contributed by atoms with Crippen LogP contribution in [0.3, 0.4) is 0 Å². The average molecular weight is 295 g/mol. The fourth-order valence-corrected chi connectivity index (χ4v) is 2.85. The fraction of sp³-hybridized carbons (Fsp3) is 0.278. The van der Waals surface area contributed by atoms with Gasteiger partial charge in [-0.2, -0.15) is 0 Å². The monoisotopic (exact) mass is 295 g/mol. The second-order valence-corrected chi connectivity index (χ2v) is 5.62. The maximum Gasteiger partial charge on any atom is 0.322 e. The Morgan fingerprint density at radius 1 is 1.00 bits per heavy atom. The van der Waals surface area contributed by atoms with Crippen LogP contribution in [0.1, 0.15) is 6.92 Å². The van der Waals surface area contributed by atoms with E-state index in [2.05, 4.69) is 41.4 Å². The number of hydrogen-bond acceptors (Lipinski definition) is 2. The Labute approximate surface area is 131 Å². The lowest BCUT2D eigenvalue weighted by Gasteiger charge is -2.40. The molecular formula is C18H21N3O. The minimum Gasteiger partial charge on any atom is -0.368 e. The molecule has 0 bridgehead atoms. The van der Waals surface area contributed by atoms with Crippen LogP contribution in [-0.2, 0) is 0 Å². The van der Waals surface area contributed by atoms with Gasteiger partial charge in [-0.1, -0.05) is 36.4 Å². The molecule has 2 aromatic carbocycles. The van der Waals surface area contributed by atoms with Crippen molar-refractivity contribution in [3.8, 4) is 0 Å². The van der Waals surface area contributed by atoms with Gasteiger partial charge < -0.3 is 15.1 Å². The third-order valence-electron chi connectivity index (χ3n) is 4.03. The number of benzene rings is 2. The Morgan fingerprint density at radius 2 is 1.64 bits per heavy atom. The predicted octanol–water partition coefficient (Wildman–Crippen LogP) is 3.43. The Balaban J connectivity index is 1.62. The first-order chi connectivity index (χ1) is 10.7. The van der Waals surface area contributed by atoms with Gasteiger partial charge in [0.1, 0.15) is 0 Å². The first-order valence-electron chi connectivity index (χ1n) is 7.67. The van der Waals surface area contributed by atoms with Crippen molar-refractivity contribution in [1.82, 2.24) is 4.90 Å². The minimum atomic E-state index is -0.0218. The van der Waals surface area contributed by atoms with Gasteiger partial charge in [-0.3, -0.25) is 0 Å². The summed E-state index contributed by atoms with van der Waals surface area (Å²) in [5.74, 6) is 0. The number of rotatable bonds is 2. The Hall–Kier alpha value is -2.49. The maximum atomic E-state index is 12.4. The number of urea groups is 1. The van der Waals surface area contributed by atoms with Crippen LogP contribution in [0.4, 0.5) is 16.2 Å². The van der Waals surface area contributed by atoms with E-state index >= 15 is 0 Å².